The number of anilines is 1. The Bertz CT molecular complexity index is 639. The van der Waals surface area contributed by atoms with Gasteiger partial charge in [0.05, 0.1) is 24.3 Å². The van der Waals surface area contributed by atoms with Crippen molar-refractivity contribution in [1.29, 1.82) is 0 Å². The van der Waals surface area contributed by atoms with Gasteiger partial charge in [-0.3, -0.25) is 9.78 Å². The molecular weight excluding hydrogens is 322 g/mol. The summed E-state index contributed by atoms with van der Waals surface area (Å²) < 4.78 is 0. The van der Waals surface area contributed by atoms with Crippen LogP contribution in [-0.4, -0.2) is 10.9 Å². The van der Waals surface area contributed by atoms with E-state index in [9.17, 15) is 4.79 Å². The molecule has 130 valence electrons. The van der Waals surface area contributed by atoms with Crippen molar-refractivity contribution >= 4 is 24.0 Å². The van der Waals surface area contributed by atoms with Gasteiger partial charge in [-0.1, -0.05) is 38.1 Å². The third-order valence-corrected chi connectivity index (χ3v) is 3.69. The number of rotatable bonds is 6. The lowest BCUT2D eigenvalue weighted by Gasteiger charge is -2.15. The molecule has 2 rings (SSSR count). The highest BCUT2D eigenvalue weighted by Crippen LogP contribution is 2.15. The molecule has 0 fully saturated rings. The van der Waals surface area contributed by atoms with Crippen molar-refractivity contribution in [3.8, 4) is 0 Å². The molecule has 0 aliphatic heterocycles. The Kier molecular flexibility index (Phi) is 7.72. The third kappa shape index (κ3) is 6.20. The summed E-state index contributed by atoms with van der Waals surface area (Å²) in [6, 6.07) is 12.0. The van der Waals surface area contributed by atoms with Gasteiger partial charge in [-0.25, -0.2) is 0 Å². The van der Waals surface area contributed by atoms with Gasteiger partial charge in [0.25, 0.3) is 0 Å². The van der Waals surface area contributed by atoms with E-state index in [1.54, 1.807) is 18.3 Å². The minimum atomic E-state index is -0.0407. The van der Waals surface area contributed by atoms with Crippen LogP contribution in [0.15, 0.2) is 42.6 Å². The molecule has 24 heavy (non-hydrogen) atoms. The summed E-state index contributed by atoms with van der Waals surface area (Å²) in [6.45, 7) is 6.41. The van der Waals surface area contributed by atoms with Gasteiger partial charge in [0.1, 0.15) is 0 Å². The first kappa shape index (κ1) is 20.0. The van der Waals surface area contributed by atoms with Crippen molar-refractivity contribution in [2.45, 2.75) is 39.7 Å². The van der Waals surface area contributed by atoms with Crippen molar-refractivity contribution in [3.05, 3.63) is 59.4 Å². The zero-order chi connectivity index (χ0) is 16.8. The first-order chi connectivity index (χ1) is 10.9. The fourth-order valence-corrected chi connectivity index (χ4v) is 2.49. The maximum atomic E-state index is 12.1. The number of hydrogen-bond donors (Lipinski definition) is 2. The summed E-state index contributed by atoms with van der Waals surface area (Å²) in [5.74, 6) is 0.603. The van der Waals surface area contributed by atoms with Crippen LogP contribution in [0.3, 0.4) is 0 Å². The molecule has 1 aromatic carbocycles. The predicted octanol–water partition coefficient (Wildman–Crippen LogP) is 3.70. The second kappa shape index (κ2) is 9.28. The number of hydrogen-bond acceptors (Lipinski definition) is 3. The number of amides is 1. The number of carbonyl (C=O) groups excluding carboxylic acids is 1. The maximum Gasteiger partial charge on any atom is 0.226 e. The first-order valence-corrected chi connectivity index (χ1v) is 8.02. The molecule has 0 radical (unpaired) electrons. The molecule has 1 amide bonds. The van der Waals surface area contributed by atoms with Crippen molar-refractivity contribution in [2.75, 3.05) is 5.73 Å². The van der Waals surface area contributed by atoms with Crippen molar-refractivity contribution < 1.29 is 4.79 Å². The normalized spacial score (nSPS) is 11.7. The lowest BCUT2D eigenvalue weighted by molar-refractivity contribution is -0.121. The molecule has 1 heterocycles. The minimum absolute atomic E-state index is 0. The maximum absolute atomic E-state index is 12.1. The van der Waals surface area contributed by atoms with E-state index in [0.29, 0.717) is 11.6 Å². The summed E-state index contributed by atoms with van der Waals surface area (Å²) in [4.78, 5) is 16.3. The molecule has 5 heteroatoms. The average Bonchev–Trinajstić information content (AvgIpc) is 2.49. The summed E-state index contributed by atoms with van der Waals surface area (Å²) in [7, 11) is 0. The van der Waals surface area contributed by atoms with E-state index >= 15 is 0 Å². The highest BCUT2D eigenvalue weighted by Gasteiger charge is 2.11. The lowest BCUT2D eigenvalue weighted by Crippen LogP contribution is -2.28. The van der Waals surface area contributed by atoms with Crippen LogP contribution in [0, 0.1) is 5.92 Å². The number of nitrogens with zero attached hydrogens (tertiary/aromatic N) is 1. The lowest BCUT2D eigenvalue weighted by atomic mass is 10.00. The second-order valence-electron chi connectivity index (χ2n) is 6.39. The minimum Gasteiger partial charge on any atom is -0.397 e. The molecule has 0 bridgehead atoms. The molecule has 3 N–H and O–H groups in total. The Morgan fingerprint density at radius 2 is 1.79 bits per heavy atom. The number of benzene rings is 1. The zero-order valence-corrected chi connectivity index (χ0v) is 15.3. The number of pyridine rings is 1. The van der Waals surface area contributed by atoms with Crippen LogP contribution in [0.25, 0.3) is 0 Å². The number of aromatic nitrogens is 1. The zero-order valence-electron chi connectivity index (χ0n) is 14.5. The number of nitrogens with one attached hydrogen (secondary N) is 1. The van der Waals surface area contributed by atoms with Gasteiger partial charge in [-0.15, -0.1) is 12.4 Å². The topological polar surface area (TPSA) is 68.0 Å². The van der Waals surface area contributed by atoms with Gasteiger partial charge in [0.15, 0.2) is 0 Å². The van der Waals surface area contributed by atoms with Gasteiger partial charge in [-0.05, 0) is 42.5 Å². The van der Waals surface area contributed by atoms with Gasteiger partial charge in [0, 0.05) is 5.69 Å². The third-order valence-electron chi connectivity index (χ3n) is 3.69. The first-order valence-electron chi connectivity index (χ1n) is 8.02. The fraction of sp³-hybridized carbons (Fsp3) is 0.368. The SMILES string of the molecule is CC(C)Cc1ccc(C(C)NC(=O)Cc2ccc(N)cn2)cc1.Cl. The second-order valence-corrected chi connectivity index (χ2v) is 6.39. The molecule has 0 aliphatic carbocycles. The predicted molar refractivity (Wildman–Crippen MR) is 101 cm³/mol. The van der Waals surface area contributed by atoms with Crippen molar-refractivity contribution in [2.24, 2.45) is 5.92 Å². The molecule has 0 spiro atoms. The molecule has 4 nitrogen and oxygen atoms in total. The Balaban J connectivity index is 0.00000288. The summed E-state index contributed by atoms with van der Waals surface area (Å²) >= 11 is 0. The van der Waals surface area contributed by atoms with E-state index in [2.05, 4.69) is 48.4 Å². The summed E-state index contributed by atoms with van der Waals surface area (Å²) in [6.07, 6.45) is 2.90. The molecule has 1 atom stereocenters. The summed E-state index contributed by atoms with van der Waals surface area (Å²) in [5.41, 5.74) is 9.35. The Morgan fingerprint density at radius 1 is 1.12 bits per heavy atom. The van der Waals surface area contributed by atoms with Gasteiger partial charge in [-0.2, -0.15) is 0 Å². The largest absolute Gasteiger partial charge is 0.397 e. The monoisotopic (exact) mass is 347 g/mol. The highest BCUT2D eigenvalue weighted by molar-refractivity contribution is 5.85. The molecule has 0 saturated carbocycles. The van der Waals surface area contributed by atoms with E-state index in [-0.39, 0.29) is 30.8 Å². The van der Waals surface area contributed by atoms with Crippen LogP contribution < -0.4 is 11.1 Å². The van der Waals surface area contributed by atoms with E-state index < -0.39 is 0 Å². The summed E-state index contributed by atoms with van der Waals surface area (Å²) in [5, 5.41) is 3.01. The van der Waals surface area contributed by atoms with E-state index in [0.717, 1.165) is 17.7 Å². The van der Waals surface area contributed by atoms with Crippen LogP contribution in [0.5, 0.6) is 0 Å². The Hall–Kier alpha value is -2.07. The number of carbonyl (C=O) groups is 1. The smallest absolute Gasteiger partial charge is 0.226 e. The van der Waals surface area contributed by atoms with E-state index in [4.69, 9.17) is 5.73 Å². The van der Waals surface area contributed by atoms with Crippen LogP contribution in [0.1, 0.15) is 43.6 Å². The van der Waals surface area contributed by atoms with E-state index in [1.807, 2.05) is 6.92 Å². The standard InChI is InChI=1S/C19H25N3O.ClH/c1-13(2)10-15-4-6-16(7-5-15)14(3)22-19(23)11-18-9-8-17(20)12-21-18;/h4-9,12-14H,10-11,20H2,1-3H3,(H,22,23);1H. The molecule has 1 aromatic heterocycles. The molecular formula is C19H26ClN3O. The van der Waals surface area contributed by atoms with E-state index in [1.165, 1.54) is 5.56 Å². The highest BCUT2D eigenvalue weighted by atomic mass is 35.5. The Morgan fingerprint density at radius 3 is 2.33 bits per heavy atom. The number of nitrogen functional groups attached to an aromatic ring is 1. The average molecular weight is 348 g/mol. The number of nitrogens with two attached hydrogens (primary N) is 1. The van der Waals surface area contributed by atoms with Gasteiger partial charge in [0.2, 0.25) is 5.91 Å². The van der Waals surface area contributed by atoms with Crippen molar-refractivity contribution in [1.82, 2.24) is 10.3 Å². The Labute approximate surface area is 150 Å². The van der Waals surface area contributed by atoms with Crippen LogP contribution >= 0.6 is 12.4 Å². The van der Waals surface area contributed by atoms with Crippen LogP contribution in [-0.2, 0) is 17.6 Å². The molecule has 1 unspecified atom stereocenters. The van der Waals surface area contributed by atoms with Crippen LogP contribution in [0.2, 0.25) is 0 Å². The van der Waals surface area contributed by atoms with Crippen molar-refractivity contribution in [3.63, 3.8) is 0 Å². The fourth-order valence-electron chi connectivity index (χ4n) is 2.49. The molecule has 2 aromatic rings. The molecule has 0 aliphatic rings. The number of halogens is 1. The molecule has 0 saturated heterocycles. The van der Waals surface area contributed by atoms with Gasteiger partial charge < -0.3 is 11.1 Å². The van der Waals surface area contributed by atoms with Gasteiger partial charge >= 0.3 is 0 Å². The van der Waals surface area contributed by atoms with Crippen LogP contribution in [0.4, 0.5) is 5.69 Å². The quantitative estimate of drug-likeness (QED) is 0.837.